The molecule has 2 aromatic heterocycles. The van der Waals surface area contributed by atoms with Crippen molar-refractivity contribution in [3.63, 3.8) is 0 Å². The van der Waals surface area contributed by atoms with E-state index in [1.54, 1.807) is 6.20 Å². The second-order valence-electron chi connectivity index (χ2n) is 7.19. The molecule has 0 bridgehead atoms. The highest BCUT2D eigenvalue weighted by Gasteiger charge is 2.27. The van der Waals surface area contributed by atoms with Crippen LogP contribution in [-0.4, -0.2) is 42.1 Å². The van der Waals surface area contributed by atoms with Gasteiger partial charge in [-0.05, 0) is 12.1 Å². The highest BCUT2D eigenvalue weighted by molar-refractivity contribution is 6.05. The number of nitrogens with zero attached hydrogens (tertiary/aromatic N) is 3. The van der Waals surface area contributed by atoms with Gasteiger partial charge in [-0.1, -0.05) is 30.3 Å². The van der Waals surface area contributed by atoms with Gasteiger partial charge >= 0.3 is 0 Å². The van der Waals surface area contributed by atoms with Crippen LogP contribution in [0.3, 0.4) is 0 Å². The Balaban J connectivity index is 1.43. The molecule has 3 aromatic rings. The van der Waals surface area contributed by atoms with Gasteiger partial charge in [-0.3, -0.25) is 9.78 Å². The van der Waals surface area contributed by atoms with Crippen molar-refractivity contribution in [1.29, 1.82) is 0 Å². The van der Waals surface area contributed by atoms with Crippen molar-refractivity contribution in [1.82, 2.24) is 20.6 Å². The van der Waals surface area contributed by atoms with Crippen LogP contribution in [0.25, 0.3) is 11.3 Å². The number of aromatic nitrogens is 2. The van der Waals surface area contributed by atoms with Gasteiger partial charge in [0.15, 0.2) is 0 Å². The molecule has 7 heteroatoms. The van der Waals surface area contributed by atoms with E-state index < -0.39 is 0 Å². The summed E-state index contributed by atoms with van der Waals surface area (Å²) in [5.74, 6) is 0.611. The van der Waals surface area contributed by atoms with Crippen LogP contribution in [0.4, 0.5) is 17.2 Å². The first-order valence-electron chi connectivity index (χ1n) is 9.84. The van der Waals surface area contributed by atoms with Crippen LogP contribution in [0.5, 0.6) is 0 Å². The zero-order valence-corrected chi connectivity index (χ0v) is 16.0. The van der Waals surface area contributed by atoms with E-state index in [1.165, 1.54) is 0 Å². The monoisotopic (exact) mass is 386 g/mol. The SMILES string of the molecule is O=C1NCc2c(-c3ccccc3)ncc(Nc3ccc(N4CCNCC4)cn3)c21. The standard InChI is InChI=1S/C22H22N6O/c29-22-20-17(13-26-22)21(15-4-2-1-3-5-15)25-14-18(20)27-19-7-6-16(12-24-19)28-10-8-23-9-11-28/h1-7,12,14,23H,8-11,13H2,(H,24,27)(H,26,29). The van der Waals surface area contributed by atoms with Crippen molar-refractivity contribution in [3.8, 4) is 11.3 Å². The van der Waals surface area contributed by atoms with E-state index in [2.05, 4.69) is 36.9 Å². The quantitative estimate of drug-likeness (QED) is 0.639. The third kappa shape index (κ3) is 3.40. The van der Waals surface area contributed by atoms with E-state index in [0.717, 1.165) is 48.7 Å². The Kier molecular flexibility index (Phi) is 4.57. The van der Waals surface area contributed by atoms with E-state index >= 15 is 0 Å². The highest BCUT2D eigenvalue weighted by atomic mass is 16.1. The number of piperazine rings is 1. The molecule has 1 amide bonds. The molecular formula is C22H22N6O. The number of amides is 1. The lowest BCUT2D eigenvalue weighted by atomic mass is 10.0. The molecule has 0 unspecified atom stereocenters. The van der Waals surface area contributed by atoms with Gasteiger partial charge in [-0.25, -0.2) is 4.98 Å². The Labute approximate surface area is 169 Å². The van der Waals surface area contributed by atoms with Crippen molar-refractivity contribution < 1.29 is 4.79 Å². The summed E-state index contributed by atoms with van der Waals surface area (Å²) in [5.41, 5.74) is 5.20. The number of fused-ring (bicyclic) bond motifs is 1. The van der Waals surface area contributed by atoms with Gasteiger partial charge in [0.2, 0.25) is 0 Å². The summed E-state index contributed by atoms with van der Waals surface area (Å²) < 4.78 is 0. The molecule has 0 atom stereocenters. The van der Waals surface area contributed by atoms with E-state index in [0.29, 0.717) is 23.6 Å². The maximum absolute atomic E-state index is 12.5. The van der Waals surface area contributed by atoms with Crippen LogP contribution >= 0.6 is 0 Å². The first-order chi connectivity index (χ1) is 14.3. The van der Waals surface area contributed by atoms with Gasteiger partial charge in [-0.15, -0.1) is 0 Å². The maximum Gasteiger partial charge on any atom is 0.254 e. The average Bonchev–Trinajstić information content (AvgIpc) is 3.18. The number of pyridine rings is 2. The van der Waals surface area contributed by atoms with Gasteiger partial charge in [-0.2, -0.15) is 0 Å². The first kappa shape index (κ1) is 17.6. The largest absolute Gasteiger partial charge is 0.368 e. The zero-order valence-electron chi connectivity index (χ0n) is 16.0. The topological polar surface area (TPSA) is 82.2 Å². The van der Waals surface area contributed by atoms with Gasteiger partial charge in [0.05, 0.1) is 35.0 Å². The molecule has 4 heterocycles. The number of carbonyl (C=O) groups is 1. The van der Waals surface area contributed by atoms with Crippen LogP contribution in [0, 0.1) is 0 Å². The lowest BCUT2D eigenvalue weighted by molar-refractivity contribution is 0.0966. The first-order valence-corrected chi connectivity index (χ1v) is 9.84. The minimum absolute atomic E-state index is 0.0838. The summed E-state index contributed by atoms with van der Waals surface area (Å²) in [4.78, 5) is 24.0. The summed E-state index contributed by atoms with van der Waals surface area (Å²) in [6.45, 7) is 4.41. The molecule has 29 heavy (non-hydrogen) atoms. The number of hydrogen-bond acceptors (Lipinski definition) is 6. The minimum atomic E-state index is -0.0838. The van der Waals surface area contributed by atoms with Crippen molar-refractivity contribution in [3.05, 3.63) is 66.0 Å². The second-order valence-corrected chi connectivity index (χ2v) is 7.19. The molecule has 0 aliphatic carbocycles. The smallest absolute Gasteiger partial charge is 0.254 e. The number of carbonyl (C=O) groups excluding carboxylic acids is 1. The number of benzene rings is 1. The maximum atomic E-state index is 12.5. The number of nitrogens with one attached hydrogen (secondary N) is 3. The number of rotatable bonds is 4. The minimum Gasteiger partial charge on any atom is -0.368 e. The Hall–Kier alpha value is -3.45. The Bertz CT molecular complexity index is 1030. The lowest BCUT2D eigenvalue weighted by Gasteiger charge is -2.29. The van der Waals surface area contributed by atoms with Gasteiger partial charge in [0.25, 0.3) is 5.91 Å². The van der Waals surface area contributed by atoms with Crippen molar-refractivity contribution in [2.45, 2.75) is 6.54 Å². The number of hydrogen-bond donors (Lipinski definition) is 3. The Morgan fingerprint density at radius 2 is 1.79 bits per heavy atom. The fourth-order valence-electron chi connectivity index (χ4n) is 3.89. The summed E-state index contributed by atoms with van der Waals surface area (Å²) in [6.07, 6.45) is 3.59. The molecule has 1 saturated heterocycles. The summed E-state index contributed by atoms with van der Waals surface area (Å²) >= 11 is 0. The molecule has 2 aliphatic heterocycles. The third-order valence-corrected chi connectivity index (χ3v) is 5.37. The fraction of sp³-hybridized carbons (Fsp3) is 0.227. The Morgan fingerprint density at radius 1 is 0.966 bits per heavy atom. The van der Waals surface area contributed by atoms with Crippen LogP contribution in [0.15, 0.2) is 54.9 Å². The fourth-order valence-corrected chi connectivity index (χ4v) is 3.89. The predicted octanol–water partition coefficient (Wildman–Crippen LogP) is 2.54. The van der Waals surface area contributed by atoms with Gasteiger partial charge in [0.1, 0.15) is 5.82 Å². The summed E-state index contributed by atoms with van der Waals surface area (Å²) in [6, 6.07) is 13.9. The molecule has 0 radical (unpaired) electrons. The van der Waals surface area contributed by atoms with E-state index in [4.69, 9.17) is 0 Å². The van der Waals surface area contributed by atoms with Crippen LogP contribution in [0.2, 0.25) is 0 Å². The molecule has 146 valence electrons. The molecular weight excluding hydrogens is 364 g/mol. The summed E-state index contributed by atoms with van der Waals surface area (Å²) in [7, 11) is 0. The van der Waals surface area contributed by atoms with Gasteiger partial charge < -0.3 is 20.9 Å². The van der Waals surface area contributed by atoms with E-state index in [9.17, 15) is 4.79 Å². The zero-order chi connectivity index (χ0) is 19.6. The van der Waals surface area contributed by atoms with Crippen LogP contribution in [0.1, 0.15) is 15.9 Å². The molecule has 0 saturated carbocycles. The Morgan fingerprint density at radius 3 is 2.55 bits per heavy atom. The van der Waals surface area contributed by atoms with E-state index in [-0.39, 0.29) is 5.91 Å². The summed E-state index contributed by atoms with van der Waals surface area (Å²) in [5, 5.41) is 9.55. The molecule has 7 nitrogen and oxygen atoms in total. The molecule has 1 fully saturated rings. The predicted molar refractivity (Wildman–Crippen MR) is 113 cm³/mol. The van der Waals surface area contributed by atoms with E-state index in [1.807, 2.05) is 42.6 Å². The van der Waals surface area contributed by atoms with Crippen LogP contribution < -0.4 is 20.9 Å². The molecule has 3 N–H and O–H groups in total. The number of anilines is 3. The van der Waals surface area contributed by atoms with Crippen molar-refractivity contribution in [2.24, 2.45) is 0 Å². The molecule has 0 spiro atoms. The van der Waals surface area contributed by atoms with Crippen molar-refractivity contribution >= 4 is 23.1 Å². The molecule has 1 aromatic carbocycles. The van der Waals surface area contributed by atoms with Crippen LogP contribution in [-0.2, 0) is 6.54 Å². The van der Waals surface area contributed by atoms with Crippen molar-refractivity contribution in [2.75, 3.05) is 36.4 Å². The lowest BCUT2D eigenvalue weighted by Crippen LogP contribution is -2.43. The molecule has 5 rings (SSSR count). The normalized spacial score (nSPS) is 15.7. The van der Waals surface area contributed by atoms with Gasteiger partial charge in [0, 0.05) is 43.9 Å². The average molecular weight is 386 g/mol. The second kappa shape index (κ2) is 7.52. The molecule has 2 aliphatic rings. The third-order valence-electron chi connectivity index (χ3n) is 5.37. The highest BCUT2D eigenvalue weighted by Crippen LogP contribution is 2.33.